The lowest BCUT2D eigenvalue weighted by Gasteiger charge is -2.25. The molecule has 1 aliphatic rings. The highest BCUT2D eigenvalue weighted by atomic mass is 16.5. The van der Waals surface area contributed by atoms with Crippen molar-refractivity contribution in [1.29, 1.82) is 0 Å². The minimum Gasteiger partial charge on any atom is -0.465 e. The summed E-state index contributed by atoms with van der Waals surface area (Å²) >= 11 is 0. The Morgan fingerprint density at radius 1 is 1.04 bits per heavy atom. The van der Waals surface area contributed by atoms with E-state index in [1.54, 1.807) is 61.6 Å². The van der Waals surface area contributed by atoms with Gasteiger partial charge in [0.25, 0.3) is 0 Å². The number of likely N-dealkylation sites (N-methyl/N-ethyl adjacent to an activating group) is 1. The molecule has 1 N–H and O–H groups in total. The summed E-state index contributed by atoms with van der Waals surface area (Å²) in [6.45, 7) is 0.193. The van der Waals surface area contributed by atoms with Crippen LogP contribution in [0.2, 0.25) is 0 Å². The van der Waals surface area contributed by atoms with Gasteiger partial charge in [-0.1, -0.05) is 18.2 Å². The van der Waals surface area contributed by atoms with Crippen molar-refractivity contribution < 1.29 is 23.9 Å². The van der Waals surface area contributed by atoms with Gasteiger partial charge in [0.05, 0.1) is 37.7 Å². The number of nitrogens with one attached hydrogen (secondary N) is 1. The quantitative estimate of drug-likeness (QED) is 0.746. The maximum absolute atomic E-state index is 12.5. The number of nitrogens with zero attached hydrogens (tertiary/aromatic N) is 2. The van der Waals surface area contributed by atoms with E-state index in [-0.39, 0.29) is 23.7 Å². The van der Waals surface area contributed by atoms with Crippen LogP contribution in [0.4, 0.5) is 11.4 Å². The molecule has 0 saturated heterocycles. The third kappa shape index (κ3) is 4.86. The van der Waals surface area contributed by atoms with Gasteiger partial charge in [-0.3, -0.25) is 4.79 Å². The molecule has 8 heteroatoms. The van der Waals surface area contributed by atoms with Gasteiger partial charge in [0.1, 0.15) is 5.70 Å². The largest absolute Gasteiger partial charge is 0.465 e. The van der Waals surface area contributed by atoms with Gasteiger partial charge in [-0.2, -0.15) is 0 Å². The summed E-state index contributed by atoms with van der Waals surface area (Å²) in [4.78, 5) is 40.2. The van der Waals surface area contributed by atoms with E-state index >= 15 is 0 Å². The topological polar surface area (TPSA) is 88.2 Å². The van der Waals surface area contributed by atoms with E-state index in [0.717, 1.165) is 0 Å². The molecule has 0 atom stereocenters. The SMILES string of the molecule is COC(=O)C1=C(C(=O)OC)N(c2ccccc2NC(=O)CN(C)C)C=CC=C1. The summed E-state index contributed by atoms with van der Waals surface area (Å²) < 4.78 is 9.69. The number of allylic oxidation sites excluding steroid dienone is 2. The van der Waals surface area contributed by atoms with E-state index < -0.39 is 11.9 Å². The van der Waals surface area contributed by atoms with Gasteiger partial charge in [-0.25, -0.2) is 9.59 Å². The van der Waals surface area contributed by atoms with Gasteiger partial charge >= 0.3 is 11.9 Å². The highest BCUT2D eigenvalue weighted by Crippen LogP contribution is 2.32. The van der Waals surface area contributed by atoms with E-state index in [1.165, 1.54) is 25.2 Å². The van der Waals surface area contributed by atoms with Crippen molar-refractivity contribution in [2.45, 2.75) is 0 Å². The Hall–Kier alpha value is -3.39. The molecule has 1 aliphatic heterocycles. The molecule has 1 heterocycles. The van der Waals surface area contributed by atoms with Gasteiger partial charge in [0.2, 0.25) is 5.91 Å². The molecule has 8 nitrogen and oxygen atoms in total. The summed E-state index contributed by atoms with van der Waals surface area (Å²) in [7, 11) is 6.03. The van der Waals surface area contributed by atoms with Crippen LogP contribution in [0.15, 0.2) is 60.0 Å². The second kappa shape index (κ2) is 9.52. The van der Waals surface area contributed by atoms with Gasteiger partial charge < -0.3 is 24.6 Å². The van der Waals surface area contributed by atoms with E-state index in [1.807, 2.05) is 0 Å². The minimum atomic E-state index is -0.717. The molecule has 0 unspecified atom stereocenters. The molecule has 0 radical (unpaired) electrons. The first-order chi connectivity index (χ1) is 13.4. The molecular weight excluding hydrogens is 362 g/mol. The number of carbonyl (C=O) groups excluding carboxylic acids is 3. The van der Waals surface area contributed by atoms with Crippen molar-refractivity contribution in [2.75, 3.05) is 45.1 Å². The van der Waals surface area contributed by atoms with Crippen molar-refractivity contribution in [3.8, 4) is 0 Å². The molecular formula is C20H23N3O5. The minimum absolute atomic E-state index is 0.0198. The van der Waals surface area contributed by atoms with Crippen LogP contribution in [0.3, 0.4) is 0 Å². The van der Waals surface area contributed by atoms with Crippen molar-refractivity contribution in [1.82, 2.24) is 4.90 Å². The number of hydrogen-bond donors (Lipinski definition) is 1. The van der Waals surface area contributed by atoms with Crippen LogP contribution in [-0.2, 0) is 23.9 Å². The average molecular weight is 385 g/mol. The van der Waals surface area contributed by atoms with Gasteiger partial charge in [-0.05, 0) is 38.4 Å². The smallest absolute Gasteiger partial charge is 0.355 e. The van der Waals surface area contributed by atoms with Crippen molar-refractivity contribution in [2.24, 2.45) is 0 Å². The molecule has 1 aromatic rings. The average Bonchev–Trinajstić information content (AvgIpc) is 2.89. The van der Waals surface area contributed by atoms with Crippen molar-refractivity contribution >= 4 is 29.2 Å². The normalized spacial score (nSPS) is 13.4. The molecule has 0 bridgehead atoms. The number of methoxy groups -OCH3 is 2. The van der Waals surface area contributed by atoms with Crippen LogP contribution in [0.25, 0.3) is 0 Å². The number of esters is 2. The van der Waals surface area contributed by atoms with Crippen LogP contribution in [0.1, 0.15) is 0 Å². The number of amides is 1. The number of ether oxygens (including phenoxy) is 2. The van der Waals surface area contributed by atoms with Crippen LogP contribution in [0, 0.1) is 0 Å². The lowest BCUT2D eigenvalue weighted by molar-refractivity contribution is -0.139. The van der Waals surface area contributed by atoms with Crippen LogP contribution >= 0.6 is 0 Å². The van der Waals surface area contributed by atoms with Crippen LogP contribution < -0.4 is 10.2 Å². The van der Waals surface area contributed by atoms with Crippen LogP contribution in [0.5, 0.6) is 0 Å². The monoisotopic (exact) mass is 385 g/mol. The standard InChI is InChI=1S/C20H23N3O5/c1-22(2)13-17(24)21-15-10-5-6-11-16(15)23-12-8-7-9-14(19(25)27-3)18(23)20(26)28-4/h5-12H,13H2,1-4H3,(H,21,24). The Morgan fingerprint density at radius 2 is 1.71 bits per heavy atom. The summed E-state index contributed by atoms with van der Waals surface area (Å²) in [5.41, 5.74) is 0.991. The zero-order chi connectivity index (χ0) is 20.7. The van der Waals surface area contributed by atoms with Crippen molar-refractivity contribution in [3.05, 3.63) is 60.0 Å². The highest BCUT2D eigenvalue weighted by Gasteiger charge is 2.28. The highest BCUT2D eigenvalue weighted by molar-refractivity contribution is 6.06. The Bertz CT molecular complexity index is 855. The van der Waals surface area contributed by atoms with Gasteiger partial charge in [0, 0.05) is 6.20 Å². The molecule has 0 fully saturated rings. The third-order valence-corrected chi connectivity index (χ3v) is 3.79. The lowest BCUT2D eigenvalue weighted by atomic mass is 10.1. The second-order valence-corrected chi connectivity index (χ2v) is 6.12. The maximum Gasteiger partial charge on any atom is 0.355 e. The summed E-state index contributed by atoms with van der Waals surface area (Å²) in [6, 6.07) is 6.95. The first-order valence-corrected chi connectivity index (χ1v) is 8.47. The zero-order valence-electron chi connectivity index (χ0n) is 16.3. The number of anilines is 2. The fraction of sp³-hybridized carbons (Fsp3) is 0.250. The Balaban J connectivity index is 2.57. The molecule has 2 rings (SSSR count). The summed E-state index contributed by atoms with van der Waals surface area (Å²) in [6.07, 6.45) is 6.36. The van der Waals surface area contributed by atoms with E-state index in [2.05, 4.69) is 5.32 Å². The first-order valence-electron chi connectivity index (χ1n) is 8.47. The van der Waals surface area contributed by atoms with E-state index in [4.69, 9.17) is 9.47 Å². The lowest BCUT2D eigenvalue weighted by Crippen LogP contribution is -2.30. The first kappa shape index (κ1) is 20.9. The summed E-state index contributed by atoms with van der Waals surface area (Å²) in [5, 5.41) is 2.83. The maximum atomic E-state index is 12.5. The molecule has 0 saturated carbocycles. The molecule has 0 aromatic heterocycles. The third-order valence-electron chi connectivity index (χ3n) is 3.79. The number of hydrogen-bond acceptors (Lipinski definition) is 7. The molecule has 28 heavy (non-hydrogen) atoms. The molecule has 148 valence electrons. The molecule has 1 aromatic carbocycles. The molecule has 0 spiro atoms. The Kier molecular flexibility index (Phi) is 7.11. The number of benzene rings is 1. The van der Waals surface area contributed by atoms with Crippen LogP contribution in [-0.4, -0.2) is 57.6 Å². The predicted octanol–water partition coefficient (Wildman–Crippen LogP) is 1.68. The predicted molar refractivity (Wildman–Crippen MR) is 105 cm³/mol. The summed E-state index contributed by atoms with van der Waals surface area (Å²) in [5.74, 6) is -1.61. The van der Waals surface area contributed by atoms with Gasteiger partial charge in [-0.15, -0.1) is 0 Å². The number of carbonyl (C=O) groups is 3. The van der Waals surface area contributed by atoms with Gasteiger partial charge in [0.15, 0.2) is 0 Å². The molecule has 1 amide bonds. The van der Waals surface area contributed by atoms with Crippen molar-refractivity contribution in [3.63, 3.8) is 0 Å². The van der Waals surface area contributed by atoms with E-state index in [9.17, 15) is 14.4 Å². The number of para-hydroxylation sites is 2. The Morgan fingerprint density at radius 3 is 2.36 bits per heavy atom. The second-order valence-electron chi connectivity index (χ2n) is 6.12. The van der Waals surface area contributed by atoms with E-state index in [0.29, 0.717) is 11.4 Å². The molecule has 0 aliphatic carbocycles. The fourth-order valence-electron chi connectivity index (χ4n) is 2.62. The zero-order valence-corrected chi connectivity index (χ0v) is 16.3. The Labute approximate surface area is 163 Å². The number of rotatable bonds is 6. The fourth-order valence-corrected chi connectivity index (χ4v) is 2.62.